The van der Waals surface area contributed by atoms with Crippen molar-refractivity contribution in [1.29, 1.82) is 0 Å². The number of rotatable bonds is 1. The second-order valence-electron chi connectivity index (χ2n) is 2.62. The zero-order valence-electron chi connectivity index (χ0n) is 6.68. The highest BCUT2D eigenvalue weighted by Gasteiger charge is 1.98. The Morgan fingerprint density at radius 2 is 2.23 bits per heavy atom. The van der Waals surface area contributed by atoms with Crippen LogP contribution in [0.4, 0.5) is 0 Å². The number of hydrogen-bond acceptors (Lipinski definition) is 2. The van der Waals surface area contributed by atoms with Crippen molar-refractivity contribution in [3.05, 3.63) is 41.7 Å². The molecule has 0 amide bonds. The largest absolute Gasteiger partial charge is 0.240 e. The van der Waals surface area contributed by atoms with E-state index in [1.54, 1.807) is 10.9 Å². The molecule has 1 aromatic heterocycles. The van der Waals surface area contributed by atoms with Gasteiger partial charge in [-0.2, -0.15) is 5.10 Å². The van der Waals surface area contributed by atoms with Gasteiger partial charge in [-0.1, -0.05) is 17.7 Å². The molecule has 2 aromatic rings. The van der Waals surface area contributed by atoms with Gasteiger partial charge in [-0.05, 0) is 18.2 Å². The summed E-state index contributed by atoms with van der Waals surface area (Å²) < 4.78 is 1.73. The van der Waals surface area contributed by atoms with Crippen LogP contribution in [-0.4, -0.2) is 9.78 Å². The Labute approximate surface area is 86.6 Å². The van der Waals surface area contributed by atoms with Crippen LogP contribution in [0.1, 0.15) is 0 Å². The third kappa shape index (κ3) is 1.87. The second-order valence-corrected chi connectivity index (χ2v) is 3.58. The van der Waals surface area contributed by atoms with E-state index >= 15 is 0 Å². The first kappa shape index (κ1) is 8.66. The van der Waals surface area contributed by atoms with E-state index in [2.05, 4.69) is 17.7 Å². The summed E-state index contributed by atoms with van der Waals surface area (Å²) >= 11 is 10.0. The maximum Gasteiger partial charge on any atom is 0.0660 e. The minimum atomic E-state index is 0.703. The van der Waals surface area contributed by atoms with Crippen molar-refractivity contribution in [3.63, 3.8) is 0 Å². The van der Waals surface area contributed by atoms with Gasteiger partial charge in [0.25, 0.3) is 0 Å². The van der Waals surface area contributed by atoms with Crippen LogP contribution < -0.4 is 0 Å². The Hall–Kier alpha value is -0.930. The minimum Gasteiger partial charge on any atom is -0.240 e. The first-order chi connectivity index (χ1) is 6.25. The van der Waals surface area contributed by atoms with Crippen LogP contribution in [0.5, 0.6) is 0 Å². The molecule has 66 valence electrons. The zero-order valence-corrected chi connectivity index (χ0v) is 8.33. The van der Waals surface area contributed by atoms with E-state index in [4.69, 9.17) is 11.6 Å². The van der Waals surface area contributed by atoms with Gasteiger partial charge in [0.1, 0.15) is 0 Å². The van der Waals surface area contributed by atoms with Gasteiger partial charge in [-0.3, -0.25) is 0 Å². The van der Waals surface area contributed by atoms with Crippen molar-refractivity contribution < 1.29 is 0 Å². The lowest BCUT2D eigenvalue weighted by atomic mass is 10.3. The molecular weight excluding hydrogens is 204 g/mol. The van der Waals surface area contributed by atoms with Gasteiger partial charge >= 0.3 is 0 Å². The highest BCUT2D eigenvalue weighted by Crippen LogP contribution is 2.15. The Bertz CT molecular complexity index is 425. The van der Waals surface area contributed by atoms with E-state index in [0.29, 0.717) is 5.02 Å². The van der Waals surface area contributed by atoms with Crippen molar-refractivity contribution in [3.8, 4) is 5.69 Å². The maximum atomic E-state index is 5.84. The fourth-order valence-corrected chi connectivity index (χ4v) is 1.42. The summed E-state index contributed by atoms with van der Waals surface area (Å²) in [7, 11) is 0. The molecule has 0 aliphatic heterocycles. The van der Waals surface area contributed by atoms with Crippen molar-refractivity contribution >= 4 is 24.2 Å². The molecular formula is C9H7ClN2S. The molecule has 0 N–H and O–H groups in total. The minimum absolute atomic E-state index is 0.703. The fourth-order valence-electron chi connectivity index (χ4n) is 1.07. The molecule has 0 saturated heterocycles. The number of aromatic nitrogens is 2. The van der Waals surface area contributed by atoms with Crippen molar-refractivity contribution in [2.45, 2.75) is 4.90 Å². The summed E-state index contributed by atoms with van der Waals surface area (Å²) in [5.41, 5.74) is 0.938. The summed E-state index contributed by atoms with van der Waals surface area (Å²) in [6.07, 6.45) is 3.51. The summed E-state index contributed by atoms with van der Waals surface area (Å²) in [6, 6.07) is 7.50. The molecule has 0 spiro atoms. The lowest BCUT2D eigenvalue weighted by Gasteiger charge is -2.00. The average molecular weight is 211 g/mol. The second kappa shape index (κ2) is 3.44. The normalized spacial score (nSPS) is 10.3. The van der Waals surface area contributed by atoms with Crippen LogP contribution in [0, 0.1) is 0 Å². The molecule has 0 fully saturated rings. The quantitative estimate of drug-likeness (QED) is 0.717. The van der Waals surface area contributed by atoms with Crippen LogP contribution in [0.3, 0.4) is 0 Å². The van der Waals surface area contributed by atoms with E-state index < -0.39 is 0 Å². The lowest BCUT2D eigenvalue weighted by Crippen LogP contribution is -1.92. The van der Waals surface area contributed by atoms with Crippen molar-refractivity contribution in [1.82, 2.24) is 9.78 Å². The molecule has 2 rings (SSSR count). The molecule has 2 nitrogen and oxygen atoms in total. The molecule has 0 radical (unpaired) electrons. The topological polar surface area (TPSA) is 17.8 Å². The highest BCUT2D eigenvalue weighted by molar-refractivity contribution is 7.80. The summed E-state index contributed by atoms with van der Waals surface area (Å²) in [5, 5.41) is 4.81. The molecule has 1 aromatic carbocycles. The number of halogens is 1. The predicted octanol–water partition coefficient (Wildman–Crippen LogP) is 2.81. The van der Waals surface area contributed by atoms with Gasteiger partial charge in [-0.25, -0.2) is 4.68 Å². The van der Waals surface area contributed by atoms with Gasteiger partial charge in [-0.15, -0.1) is 12.6 Å². The van der Waals surface area contributed by atoms with Crippen LogP contribution in [0.15, 0.2) is 41.6 Å². The Balaban J connectivity index is 2.46. The fraction of sp³-hybridized carbons (Fsp3) is 0. The molecule has 0 bridgehead atoms. The monoisotopic (exact) mass is 210 g/mol. The van der Waals surface area contributed by atoms with Crippen LogP contribution in [-0.2, 0) is 0 Å². The van der Waals surface area contributed by atoms with Crippen LogP contribution in [0.25, 0.3) is 5.69 Å². The average Bonchev–Trinajstić information content (AvgIpc) is 2.52. The van der Waals surface area contributed by atoms with E-state index in [9.17, 15) is 0 Å². The number of nitrogens with zero attached hydrogens (tertiary/aromatic N) is 2. The van der Waals surface area contributed by atoms with E-state index in [0.717, 1.165) is 10.6 Å². The van der Waals surface area contributed by atoms with Gasteiger partial charge in [0.05, 0.1) is 11.9 Å². The Morgan fingerprint density at radius 1 is 1.38 bits per heavy atom. The van der Waals surface area contributed by atoms with E-state index in [-0.39, 0.29) is 0 Å². The Morgan fingerprint density at radius 3 is 2.85 bits per heavy atom. The van der Waals surface area contributed by atoms with Crippen LogP contribution >= 0.6 is 24.2 Å². The predicted molar refractivity (Wildman–Crippen MR) is 55.8 cm³/mol. The van der Waals surface area contributed by atoms with E-state index in [1.165, 1.54) is 0 Å². The lowest BCUT2D eigenvalue weighted by molar-refractivity contribution is 0.880. The number of benzene rings is 1. The Kier molecular flexibility index (Phi) is 2.29. The molecule has 0 saturated carbocycles. The summed E-state index contributed by atoms with van der Waals surface area (Å²) in [5.74, 6) is 0. The van der Waals surface area contributed by atoms with Gasteiger partial charge in [0, 0.05) is 16.1 Å². The maximum absolute atomic E-state index is 5.84. The highest BCUT2D eigenvalue weighted by atomic mass is 35.5. The first-order valence-electron chi connectivity index (χ1n) is 3.75. The third-order valence-corrected chi connectivity index (χ3v) is 2.11. The van der Waals surface area contributed by atoms with Crippen LogP contribution in [0.2, 0.25) is 5.02 Å². The first-order valence-corrected chi connectivity index (χ1v) is 4.58. The molecule has 1 heterocycles. The van der Waals surface area contributed by atoms with Crippen molar-refractivity contribution in [2.24, 2.45) is 0 Å². The smallest absolute Gasteiger partial charge is 0.0660 e. The molecule has 0 atom stereocenters. The van der Waals surface area contributed by atoms with Crippen molar-refractivity contribution in [2.75, 3.05) is 0 Å². The molecule has 0 unspecified atom stereocenters. The molecule has 0 aliphatic rings. The van der Waals surface area contributed by atoms with Gasteiger partial charge < -0.3 is 0 Å². The van der Waals surface area contributed by atoms with Gasteiger partial charge in [0.2, 0.25) is 0 Å². The zero-order chi connectivity index (χ0) is 9.26. The third-order valence-electron chi connectivity index (χ3n) is 1.64. The summed E-state index contributed by atoms with van der Waals surface area (Å²) in [4.78, 5) is 0.833. The number of thiol groups is 1. The molecule has 0 aliphatic carbocycles. The summed E-state index contributed by atoms with van der Waals surface area (Å²) in [6.45, 7) is 0. The standard InChI is InChI=1S/C9H7ClN2S/c10-7-2-1-3-8(4-7)12-6-9(13)5-11-12/h1-6,13H. The van der Waals surface area contributed by atoms with E-state index in [1.807, 2.05) is 30.5 Å². The molecule has 4 heteroatoms. The number of hydrogen-bond donors (Lipinski definition) is 1. The van der Waals surface area contributed by atoms with Gasteiger partial charge in [0.15, 0.2) is 0 Å². The molecule has 13 heavy (non-hydrogen) atoms. The SMILES string of the molecule is Sc1cnn(-c2cccc(Cl)c2)c1.